The molecule has 29 heteroatoms. The van der Waals surface area contributed by atoms with E-state index in [0.29, 0.717) is 109 Å². The van der Waals surface area contributed by atoms with Gasteiger partial charge in [-0.1, -0.05) is 156 Å². The number of hydrogen-bond acceptors (Lipinski definition) is 10. The zero-order valence-electron chi connectivity index (χ0n) is 56.1. The summed E-state index contributed by atoms with van der Waals surface area (Å²) in [5, 5.41) is 0.396. The maximum atomic E-state index is 13.9. The number of fused-ring (bicyclic) bond motifs is 4. The molecule has 0 aliphatic carbocycles. The maximum absolute atomic E-state index is 13.9. The number of benzene rings is 6. The van der Waals surface area contributed by atoms with Crippen LogP contribution in [0.15, 0.2) is 146 Å². The second-order valence-electron chi connectivity index (χ2n) is 26.0. The second kappa shape index (κ2) is 34.5. The Morgan fingerprint density at radius 2 is 0.850 bits per heavy atom. The number of amides is 4. The molecule has 2 saturated heterocycles. The topological polar surface area (TPSA) is 148 Å². The molecule has 4 aliphatic heterocycles. The first kappa shape index (κ1) is 83.6. The molecule has 10 rings (SSSR count). The zero-order chi connectivity index (χ0) is 71.9. The van der Waals surface area contributed by atoms with Crippen LogP contribution in [0, 0.1) is 0 Å². The molecule has 0 saturated carbocycles. The smallest absolute Gasteiger partial charge is 0.444 e. The molecule has 2 fully saturated rings. The van der Waals surface area contributed by atoms with Crippen molar-refractivity contribution in [1.29, 1.82) is 0 Å². The monoisotopic (exact) mass is 1560 g/mol. The Bertz CT molecular complexity index is 3920. The van der Waals surface area contributed by atoms with Gasteiger partial charge in [0.25, 0.3) is 11.1 Å². The molecule has 4 heterocycles. The highest BCUT2D eigenvalue weighted by Gasteiger charge is 2.52. The lowest BCUT2D eigenvalue weighted by atomic mass is 9.82. The normalized spacial score (nSPS) is 18.1. The molecule has 0 radical (unpaired) electrons. The van der Waals surface area contributed by atoms with Crippen molar-refractivity contribution in [1.82, 2.24) is 29.4 Å². The van der Waals surface area contributed by atoms with Gasteiger partial charge in [-0.3, -0.25) is 32.5 Å². The molecule has 6 aromatic carbocycles. The maximum Gasteiger partial charge on any atom is 0.471 e. The van der Waals surface area contributed by atoms with E-state index in [1.54, 1.807) is 93.6 Å². The fourth-order valence-electron chi connectivity index (χ4n) is 13.5. The summed E-state index contributed by atoms with van der Waals surface area (Å²) in [6, 6.07) is 42.5. The summed E-state index contributed by atoms with van der Waals surface area (Å²) in [6.07, 6.45) is -8.01. The molecule has 0 aromatic heterocycles. The molecule has 100 heavy (non-hydrogen) atoms. The lowest BCUT2D eigenvalue weighted by Gasteiger charge is -2.47. The summed E-state index contributed by atoms with van der Waals surface area (Å²) in [7, 11) is 3.03. The van der Waals surface area contributed by atoms with Gasteiger partial charge < -0.3 is 29.2 Å². The highest BCUT2D eigenvalue weighted by molar-refractivity contribution is 7.85. The van der Waals surface area contributed by atoms with Crippen molar-refractivity contribution in [2.24, 2.45) is 0 Å². The number of halogens is 11. The third-order valence-corrected chi connectivity index (χ3v) is 24.7. The second-order valence-corrected chi connectivity index (χ2v) is 31.5. The summed E-state index contributed by atoms with van der Waals surface area (Å²) in [6.45, 7) is 7.32. The van der Waals surface area contributed by atoms with Gasteiger partial charge in [0.2, 0.25) is 0 Å². The summed E-state index contributed by atoms with van der Waals surface area (Å²) in [5.41, 5.74) is 2.42. The van der Waals surface area contributed by atoms with Gasteiger partial charge in [0.15, 0.2) is 0 Å². The minimum Gasteiger partial charge on any atom is -0.444 e. The Kier molecular flexibility index (Phi) is 28.8. The molecule has 0 N–H and O–H groups in total. The van der Waals surface area contributed by atoms with Crippen LogP contribution in [0.2, 0.25) is 20.1 Å². The SMILES string of the molecule is CN(C[C@](CCN1CCC2(CC1)c1ccccc1CS2=O)(c1ccc(Cl)c(Cl)c1)N(C)C(=O)OC(C)(C)C)C(=O)C(F)(F)F.CN(C[C@](CCN1CCC2(CC1)c1ccccc1CS2=O)(c1ccc(Cl)c(Cl)c1)N(C)C(=O)c1ccccc1)C(=O)C(F)(F)F.O=C(Cl)c1ccccc1.S.S. The van der Waals surface area contributed by atoms with Crippen LogP contribution < -0.4 is 0 Å². The summed E-state index contributed by atoms with van der Waals surface area (Å²) >= 11 is 30.4. The van der Waals surface area contributed by atoms with Gasteiger partial charge in [0.05, 0.1) is 40.7 Å². The minimum atomic E-state index is -5.11. The Morgan fingerprint density at radius 3 is 1.19 bits per heavy atom. The van der Waals surface area contributed by atoms with Crippen LogP contribution in [0.4, 0.5) is 31.1 Å². The van der Waals surface area contributed by atoms with Gasteiger partial charge in [-0.25, -0.2) is 4.79 Å². The third kappa shape index (κ3) is 19.1. The average molecular weight is 1570 g/mol. The van der Waals surface area contributed by atoms with Crippen LogP contribution in [0.3, 0.4) is 0 Å². The predicted octanol–water partition coefficient (Wildman–Crippen LogP) is 15.6. The number of rotatable bonds is 16. The molecule has 4 aliphatic rings. The fourth-order valence-corrected chi connectivity index (χ4v) is 18.0. The van der Waals surface area contributed by atoms with Crippen LogP contribution >= 0.6 is 85.0 Å². The Balaban J connectivity index is 0.000000274. The molecule has 2 unspecified atom stereocenters. The summed E-state index contributed by atoms with van der Waals surface area (Å²) in [4.78, 5) is 70.9. The first-order valence-corrected chi connectivity index (χ1v) is 36.0. The lowest BCUT2D eigenvalue weighted by molar-refractivity contribution is -0.185. The number of carbonyl (C=O) groups excluding carboxylic acids is 5. The molecule has 544 valence electrons. The van der Waals surface area contributed by atoms with E-state index in [4.69, 9.17) is 62.7 Å². The number of likely N-dealkylation sites (tertiary alicyclic amines) is 2. The van der Waals surface area contributed by atoms with Crippen molar-refractivity contribution in [3.63, 3.8) is 0 Å². The summed E-state index contributed by atoms with van der Waals surface area (Å²) in [5.74, 6) is -3.43. The zero-order valence-corrected chi connectivity index (χ0v) is 63.5. The van der Waals surface area contributed by atoms with Crippen LogP contribution in [0.25, 0.3) is 0 Å². The molecule has 6 aromatic rings. The van der Waals surface area contributed by atoms with Gasteiger partial charge in [0, 0.05) is 98.6 Å². The van der Waals surface area contributed by atoms with E-state index >= 15 is 0 Å². The van der Waals surface area contributed by atoms with Crippen molar-refractivity contribution >= 4 is 136 Å². The lowest BCUT2D eigenvalue weighted by Crippen LogP contribution is -2.57. The number of hydrogen-bond donors (Lipinski definition) is 0. The Hall–Kier alpha value is -5.38. The van der Waals surface area contributed by atoms with Crippen molar-refractivity contribution in [3.05, 3.63) is 210 Å². The van der Waals surface area contributed by atoms with E-state index < -0.39 is 102 Å². The van der Waals surface area contributed by atoms with Crippen LogP contribution in [0.5, 0.6) is 0 Å². The average Bonchev–Trinajstić information content (AvgIpc) is 1.64. The standard InChI is InChI=1S/C33H34Cl2F3N3O3S.C31H38Cl2F3N3O4S.C7H5ClO.2H2S/c1-39(30(43)33(36,37)38)22-31(25-12-13-27(34)28(35)20-25,40(2)29(42)23-8-4-3-5-9-23)14-17-41-18-15-32(16-19-41)26-11-7-6-10-24(26)21-45(32)44;1-28(2,3)43-27(41)38(5)29(20-37(4)26(40)31(34,35)36,22-10-11-24(32)25(33)18-22)12-15-39-16-13-30(14-17-39)23-9-7-6-8-21(23)19-44(30)42;8-7(9)6-4-2-1-3-5-6;;/h3-13,20H,14-19,21-22H2,1-2H3;6-11,18H,12-17,19-20H2,1-5H3;1-5H;2*1H2/t31-,45?;29-,44?;;;/m11.../s1. The minimum absolute atomic E-state index is 0. The molecule has 4 amide bonds. The highest BCUT2D eigenvalue weighted by Crippen LogP contribution is 2.49. The van der Waals surface area contributed by atoms with Crippen molar-refractivity contribution < 1.29 is 63.5 Å². The number of alkyl halides is 6. The van der Waals surface area contributed by atoms with Crippen LogP contribution in [-0.4, -0.2) is 165 Å². The van der Waals surface area contributed by atoms with E-state index in [2.05, 4.69) is 21.9 Å². The van der Waals surface area contributed by atoms with Crippen molar-refractivity contribution in [2.45, 2.75) is 109 Å². The van der Waals surface area contributed by atoms with Crippen molar-refractivity contribution in [3.8, 4) is 0 Å². The molecule has 4 atom stereocenters. The van der Waals surface area contributed by atoms with E-state index in [9.17, 15) is 58.7 Å². The quantitative estimate of drug-likeness (QED) is 0.0677. The largest absolute Gasteiger partial charge is 0.471 e. The Morgan fingerprint density at radius 1 is 0.500 bits per heavy atom. The third-order valence-electron chi connectivity index (χ3n) is 18.8. The number of ether oxygens (including phenoxy) is 1. The Labute approximate surface area is 624 Å². The first-order chi connectivity index (χ1) is 46.0. The fraction of sp³-hybridized carbons (Fsp3) is 0.423. The van der Waals surface area contributed by atoms with E-state index in [0.717, 1.165) is 36.3 Å². The van der Waals surface area contributed by atoms with Gasteiger partial charge in [0.1, 0.15) is 5.60 Å². The van der Waals surface area contributed by atoms with Gasteiger partial charge >= 0.3 is 30.3 Å². The van der Waals surface area contributed by atoms with E-state index in [1.165, 1.54) is 42.1 Å². The summed E-state index contributed by atoms with van der Waals surface area (Å²) < 4.78 is 113. The predicted molar refractivity (Wildman–Crippen MR) is 394 cm³/mol. The molecular weight excluding hydrogens is 1480 g/mol. The number of nitrogens with zero attached hydrogens (tertiary/aromatic N) is 6. The first-order valence-electron chi connectivity index (χ1n) is 31.5. The van der Waals surface area contributed by atoms with E-state index in [1.807, 2.05) is 42.5 Å². The van der Waals surface area contributed by atoms with Gasteiger partial charge in [-0.15, -0.1) is 0 Å². The highest BCUT2D eigenvalue weighted by atomic mass is 35.5. The van der Waals surface area contributed by atoms with Crippen LogP contribution in [0.1, 0.15) is 113 Å². The van der Waals surface area contributed by atoms with Gasteiger partial charge in [-0.2, -0.15) is 53.3 Å². The number of likely N-dealkylation sites (N-methyl/N-ethyl adjacent to an activating group) is 4. The number of carbonyl (C=O) groups is 5. The molecule has 2 spiro atoms. The molecule has 14 nitrogen and oxygen atoms in total. The number of piperidine rings is 2. The van der Waals surface area contributed by atoms with Gasteiger partial charge in [-0.05, 0) is 167 Å². The molecular formula is C71H81Cl5F6N6O8S4. The van der Waals surface area contributed by atoms with Crippen LogP contribution in [-0.2, 0) is 68.0 Å². The van der Waals surface area contributed by atoms with E-state index in [-0.39, 0.29) is 59.9 Å². The van der Waals surface area contributed by atoms with Crippen molar-refractivity contribution in [2.75, 3.05) is 80.5 Å². The molecule has 0 bridgehead atoms.